The second kappa shape index (κ2) is 5.63. The number of piperidine rings is 1. The van der Waals surface area contributed by atoms with Gasteiger partial charge in [-0.05, 0) is 26.7 Å². The topological polar surface area (TPSA) is 86.9 Å². The molecule has 0 aromatic carbocycles. The summed E-state index contributed by atoms with van der Waals surface area (Å²) in [5, 5.41) is 13.5. The van der Waals surface area contributed by atoms with Crippen LogP contribution in [-0.4, -0.2) is 57.6 Å². The summed E-state index contributed by atoms with van der Waals surface area (Å²) in [6.45, 7) is 6.13. The summed E-state index contributed by atoms with van der Waals surface area (Å²) >= 11 is 0. The number of aliphatic carboxylic acids is 1. The van der Waals surface area contributed by atoms with Crippen molar-refractivity contribution < 1.29 is 19.2 Å². The van der Waals surface area contributed by atoms with Crippen molar-refractivity contribution in [3.63, 3.8) is 0 Å². The smallest absolute Gasteiger partial charge is 0.309 e. The summed E-state index contributed by atoms with van der Waals surface area (Å²) in [5.41, 5.74) is 1.48. The molecule has 0 aliphatic carbocycles. The molecule has 1 spiro atoms. The zero-order valence-corrected chi connectivity index (χ0v) is 13.8. The maximum Gasteiger partial charge on any atom is 0.309 e. The maximum atomic E-state index is 12.0. The van der Waals surface area contributed by atoms with Crippen LogP contribution in [0.2, 0.25) is 0 Å². The van der Waals surface area contributed by atoms with E-state index in [1.807, 2.05) is 13.8 Å². The number of likely N-dealkylation sites (tertiary alicyclic amines) is 2. The van der Waals surface area contributed by atoms with Crippen LogP contribution >= 0.6 is 0 Å². The molecule has 2 aliphatic heterocycles. The summed E-state index contributed by atoms with van der Waals surface area (Å²) in [6, 6.07) is 0. The summed E-state index contributed by atoms with van der Waals surface area (Å²) in [6.07, 6.45) is 1.50. The molecule has 3 rings (SSSR count). The molecule has 1 aromatic heterocycles. The van der Waals surface area contributed by atoms with Crippen LogP contribution < -0.4 is 0 Å². The Morgan fingerprint density at radius 3 is 2.57 bits per heavy atom. The Balaban J connectivity index is 1.72. The van der Waals surface area contributed by atoms with E-state index in [1.54, 1.807) is 11.9 Å². The van der Waals surface area contributed by atoms with Gasteiger partial charge in [-0.3, -0.25) is 14.5 Å². The second-order valence-corrected chi connectivity index (χ2v) is 6.73. The number of carbonyl (C=O) groups is 2. The van der Waals surface area contributed by atoms with Crippen molar-refractivity contribution in [3.8, 4) is 0 Å². The van der Waals surface area contributed by atoms with E-state index < -0.39 is 17.4 Å². The predicted octanol–water partition coefficient (Wildman–Crippen LogP) is 1.19. The number of carboxylic acids is 1. The zero-order valence-electron chi connectivity index (χ0n) is 13.8. The maximum absolute atomic E-state index is 12.0. The minimum atomic E-state index is -0.859. The molecule has 0 saturated carbocycles. The fraction of sp³-hybridized carbons (Fsp3) is 0.688. The van der Waals surface area contributed by atoms with Crippen LogP contribution in [0.25, 0.3) is 0 Å². The molecular formula is C16H23N3O4. The van der Waals surface area contributed by atoms with Crippen molar-refractivity contribution >= 4 is 11.9 Å². The molecule has 0 radical (unpaired) electrons. The van der Waals surface area contributed by atoms with Gasteiger partial charge < -0.3 is 14.5 Å². The Morgan fingerprint density at radius 2 is 2.04 bits per heavy atom. The zero-order chi connectivity index (χ0) is 16.8. The molecule has 1 aromatic rings. The third-order valence-electron chi connectivity index (χ3n) is 5.65. The van der Waals surface area contributed by atoms with E-state index in [0.29, 0.717) is 12.8 Å². The lowest BCUT2D eigenvalue weighted by molar-refractivity contribution is -0.146. The first-order valence-electron chi connectivity index (χ1n) is 7.99. The number of hydrogen-bond acceptors (Lipinski definition) is 5. The predicted molar refractivity (Wildman–Crippen MR) is 81.7 cm³/mol. The fourth-order valence-electron chi connectivity index (χ4n) is 4.03. The van der Waals surface area contributed by atoms with E-state index in [0.717, 1.165) is 36.7 Å². The van der Waals surface area contributed by atoms with Crippen molar-refractivity contribution in [2.45, 2.75) is 45.2 Å². The van der Waals surface area contributed by atoms with Crippen LogP contribution in [-0.2, 0) is 16.1 Å². The highest BCUT2D eigenvalue weighted by Crippen LogP contribution is 2.43. The van der Waals surface area contributed by atoms with E-state index in [9.17, 15) is 14.7 Å². The summed E-state index contributed by atoms with van der Waals surface area (Å²) in [5.74, 6) is -0.681. The van der Waals surface area contributed by atoms with Gasteiger partial charge >= 0.3 is 5.97 Å². The van der Waals surface area contributed by atoms with Gasteiger partial charge in [-0.15, -0.1) is 0 Å². The lowest BCUT2D eigenvalue weighted by Crippen LogP contribution is -2.55. The Morgan fingerprint density at radius 1 is 1.39 bits per heavy atom. The standard InChI is InChI=1S/C16H23N3O4/c1-10-12(11(2)23-17-10)9-19-6-4-16(5-7-19)13(15(21)22)8-14(20)18(16)3/h13H,4-9H2,1-3H3,(H,21,22). The minimum absolute atomic E-state index is 0.0587. The van der Waals surface area contributed by atoms with Crippen molar-refractivity contribution in [3.05, 3.63) is 17.0 Å². The molecule has 0 bridgehead atoms. The number of rotatable bonds is 3. The number of aromatic nitrogens is 1. The number of carbonyl (C=O) groups excluding carboxylic acids is 1. The van der Waals surface area contributed by atoms with Crippen LogP contribution in [0.15, 0.2) is 4.52 Å². The van der Waals surface area contributed by atoms with Crippen molar-refractivity contribution in [2.24, 2.45) is 5.92 Å². The number of amides is 1. The summed E-state index contributed by atoms with van der Waals surface area (Å²) in [7, 11) is 1.75. The van der Waals surface area contributed by atoms with Crippen molar-refractivity contribution in [2.75, 3.05) is 20.1 Å². The Bertz CT molecular complexity index is 612. The van der Waals surface area contributed by atoms with Gasteiger partial charge in [0.05, 0.1) is 17.2 Å². The number of carboxylic acid groups (broad SMARTS) is 1. The monoisotopic (exact) mass is 321 g/mol. The third kappa shape index (κ3) is 2.52. The highest BCUT2D eigenvalue weighted by atomic mass is 16.5. The van der Waals surface area contributed by atoms with E-state index in [1.165, 1.54) is 0 Å². The third-order valence-corrected chi connectivity index (χ3v) is 5.65. The van der Waals surface area contributed by atoms with E-state index in [4.69, 9.17) is 4.52 Å². The van der Waals surface area contributed by atoms with Crippen LogP contribution in [0.4, 0.5) is 0 Å². The molecule has 7 heteroatoms. The van der Waals surface area contributed by atoms with Crippen LogP contribution in [0, 0.1) is 19.8 Å². The quantitative estimate of drug-likeness (QED) is 0.900. The molecule has 2 saturated heterocycles. The van der Waals surface area contributed by atoms with Gasteiger partial charge in [0.2, 0.25) is 5.91 Å². The molecule has 2 aliphatic rings. The van der Waals surface area contributed by atoms with Gasteiger partial charge in [0.15, 0.2) is 0 Å². The first kappa shape index (κ1) is 16.0. The molecule has 7 nitrogen and oxygen atoms in total. The van der Waals surface area contributed by atoms with Gasteiger partial charge in [0.25, 0.3) is 0 Å². The van der Waals surface area contributed by atoms with E-state index >= 15 is 0 Å². The first-order valence-corrected chi connectivity index (χ1v) is 7.99. The van der Waals surface area contributed by atoms with Gasteiger partial charge in [-0.2, -0.15) is 0 Å². The summed E-state index contributed by atoms with van der Waals surface area (Å²) in [4.78, 5) is 27.6. The molecular weight excluding hydrogens is 298 g/mol. The van der Waals surface area contributed by atoms with E-state index in [-0.39, 0.29) is 12.3 Å². The van der Waals surface area contributed by atoms with Crippen molar-refractivity contribution in [1.82, 2.24) is 15.0 Å². The van der Waals surface area contributed by atoms with E-state index in [2.05, 4.69) is 10.1 Å². The van der Waals surface area contributed by atoms with Crippen LogP contribution in [0.5, 0.6) is 0 Å². The van der Waals surface area contributed by atoms with Gasteiger partial charge in [0, 0.05) is 38.7 Å². The number of hydrogen-bond donors (Lipinski definition) is 1. The highest BCUT2D eigenvalue weighted by Gasteiger charge is 2.55. The Kier molecular flexibility index (Phi) is 3.91. The molecule has 3 heterocycles. The van der Waals surface area contributed by atoms with Gasteiger partial charge in [-0.25, -0.2) is 0 Å². The first-order chi connectivity index (χ1) is 10.8. The molecule has 2 fully saturated rings. The second-order valence-electron chi connectivity index (χ2n) is 6.73. The Labute approximate surface area is 135 Å². The van der Waals surface area contributed by atoms with Crippen molar-refractivity contribution in [1.29, 1.82) is 0 Å². The molecule has 126 valence electrons. The number of aryl methyl sites for hydroxylation is 2. The molecule has 1 unspecified atom stereocenters. The van der Waals surface area contributed by atoms with Gasteiger partial charge in [-0.1, -0.05) is 5.16 Å². The van der Waals surface area contributed by atoms with Crippen LogP contribution in [0.3, 0.4) is 0 Å². The molecule has 1 amide bonds. The van der Waals surface area contributed by atoms with Gasteiger partial charge in [0.1, 0.15) is 5.76 Å². The minimum Gasteiger partial charge on any atom is -0.481 e. The largest absolute Gasteiger partial charge is 0.481 e. The summed E-state index contributed by atoms with van der Waals surface area (Å²) < 4.78 is 5.20. The fourth-order valence-corrected chi connectivity index (χ4v) is 4.03. The molecule has 23 heavy (non-hydrogen) atoms. The molecule has 1 N–H and O–H groups in total. The van der Waals surface area contributed by atoms with Crippen LogP contribution in [0.1, 0.15) is 36.3 Å². The molecule has 1 atom stereocenters. The number of nitrogens with zero attached hydrogens (tertiary/aromatic N) is 3. The Hall–Kier alpha value is -1.89. The average molecular weight is 321 g/mol. The lowest BCUT2D eigenvalue weighted by Gasteiger charge is -2.45. The average Bonchev–Trinajstić information content (AvgIpc) is 2.95. The lowest BCUT2D eigenvalue weighted by atomic mass is 9.77. The normalized spacial score (nSPS) is 24.6. The highest BCUT2D eigenvalue weighted by molar-refractivity contribution is 5.88. The SMILES string of the molecule is Cc1noc(C)c1CN1CCC2(CC1)C(C(=O)O)CC(=O)N2C.